The van der Waals surface area contributed by atoms with E-state index in [1.807, 2.05) is 6.07 Å². The zero-order valence-corrected chi connectivity index (χ0v) is 18.2. The second-order valence-electron chi connectivity index (χ2n) is 8.09. The van der Waals surface area contributed by atoms with Crippen LogP contribution in [0.2, 0.25) is 4.34 Å². The third-order valence-electron chi connectivity index (χ3n) is 6.03. The average molecular weight is 432 g/mol. The first-order valence-corrected chi connectivity index (χ1v) is 11.3. The quantitative estimate of drug-likeness (QED) is 0.765. The number of amides is 2. The van der Waals surface area contributed by atoms with Crippen LogP contribution in [0.4, 0.5) is 5.69 Å². The molecule has 1 aromatic carbocycles. The molecule has 2 N–H and O–H groups in total. The number of nitrogens with one attached hydrogen (secondary N) is 2. The smallest absolute Gasteiger partial charge is 0.262 e. The number of carbonyl (C=O) groups is 2. The van der Waals surface area contributed by atoms with E-state index >= 15 is 0 Å². The van der Waals surface area contributed by atoms with E-state index in [9.17, 15) is 9.59 Å². The molecule has 0 saturated heterocycles. The van der Waals surface area contributed by atoms with Crippen LogP contribution in [0.15, 0.2) is 30.3 Å². The van der Waals surface area contributed by atoms with Gasteiger partial charge in [-0.05, 0) is 68.1 Å². The number of anilines is 1. The molecule has 2 amide bonds. The van der Waals surface area contributed by atoms with Crippen LogP contribution in [0.1, 0.15) is 46.5 Å². The van der Waals surface area contributed by atoms with Crippen LogP contribution in [-0.4, -0.2) is 42.4 Å². The number of benzene rings is 1. The lowest BCUT2D eigenvalue weighted by Crippen LogP contribution is -2.54. The molecule has 7 heteroatoms. The van der Waals surface area contributed by atoms with Gasteiger partial charge in [-0.25, -0.2) is 0 Å². The molecule has 4 rings (SSSR count). The maximum Gasteiger partial charge on any atom is 0.262 e. The summed E-state index contributed by atoms with van der Waals surface area (Å²) >= 11 is 7.19. The zero-order valence-electron chi connectivity index (χ0n) is 16.6. The standard InChI is InChI=1S/C22H26ClN3O2S/c1-26-12-8-15-4-5-17(14-16(15)9-13-26)24-21(28)22(10-2-3-11-22)25-20(27)18-6-7-19(23)29-18/h4-7,14H,2-3,8-13H2,1H3,(H,24,28)(H,25,27). The van der Waals surface area contributed by atoms with E-state index in [1.165, 1.54) is 22.5 Å². The molecule has 2 aromatic rings. The number of hydrogen-bond donors (Lipinski definition) is 2. The number of likely N-dealkylation sites (N-methyl/N-ethyl adjacent to an activating group) is 1. The summed E-state index contributed by atoms with van der Waals surface area (Å²) in [5.74, 6) is -0.361. The highest BCUT2D eigenvalue weighted by atomic mass is 35.5. The van der Waals surface area contributed by atoms with Crippen LogP contribution in [0, 0.1) is 0 Å². The second kappa shape index (κ2) is 8.46. The van der Waals surface area contributed by atoms with Crippen LogP contribution in [0.5, 0.6) is 0 Å². The first-order chi connectivity index (χ1) is 13.9. The number of fused-ring (bicyclic) bond motifs is 1. The molecule has 154 valence electrons. The Labute approximate surface area is 180 Å². The van der Waals surface area contributed by atoms with Crippen LogP contribution in [0.3, 0.4) is 0 Å². The number of carbonyl (C=O) groups excluding carboxylic acids is 2. The van der Waals surface area contributed by atoms with E-state index in [-0.39, 0.29) is 11.8 Å². The molecule has 0 atom stereocenters. The van der Waals surface area contributed by atoms with Gasteiger partial charge in [0.1, 0.15) is 5.54 Å². The number of halogens is 1. The summed E-state index contributed by atoms with van der Waals surface area (Å²) in [5, 5.41) is 6.09. The molecule has 2 aliphatic rings. The highest BCUT2D eigenvalue weighted by molar-refractivity contribution is 7.18. The number of nitrogens with zero attached hydrogens (tertiary/aromatic N) is 1. The SMILES string of the molecule is CN1CCc2ccc(NC(=O)C3(NC(=O)c4ccc(Cl)s4)CCCC3)cc2CC1. The summed E-state index contributed by atoms with van der Waals surface area (Å²) in [6.07, 6.45) is 5.17. The van der Waals surface area contributed by atoms with Crippen molar-refractivity contribution in [3.63, 3.8) is 0 Å². The Morgan fingerprint density at radius 1 is 1.07 bits per heavy atom. The lowest BCUT2D eigenvalue weighted by molar-refractivity contribution is -0.122. The minimum Gasteiger partial charge on any atom is -0.337 e. The van der Waals surface area contributed by atoms with Crippen molar-refractivity contribution < 1.29 is 9.59 Å². The van der Waals surface area contributed by atoms with Crippen molar-refractivity contribution in [2.75, 3.05) is 25.5 Å². The normalized spacial score (nSPS) is 18.7. The second-order valence-corrected chi connectivity index (χ2v) is 9.80. The van der Waals surface area contributed by atoms with Gasteiger partial charge in [0, 0.05) is 18.8 Å². The summed E-state index contributed by atoms with van der Waals surface area (Å²) in [5.41, 5.74) is 2.59. The Bertz CT molecular complexity index is 921. The zero-order chi connectivity index (χ0) is 20.4. The molecule has 5 nitrogen and oxygen atoms in total. The van der Waals surface area contributed by atoms with E-state index in [0.717, 1.165) is 44.5 Å². The topological polar surface area (TPSA) is 61.4 Å². The Morgan fingerprint density at radius 3 is 2.48 bits per heavy atom. The van der Waals surface area contributed by atoms with Crippen molar-refractivity contribution >= 4 is 40.4 Å². The maximum absolute atomic E-state index is 13.2. The van der Waals surface area contributed by atoms with Gasteiger partial charge in [0.15, 0.2) is 0 Å². The van der Waals surface area contributed by atoms with E-state index in [4.69, 9.17) is 11.6 Å². The lowest BCUT2D eigenvalue weighted by Gasteiger charge is -2.29. The highest BCUT2D eigenvalue weighted by Gasteiger charge is 2.42. The van der Waals surface area contributed by atoms with Crippen LogP contribution >= 0.6 is 22.9 Å². The molecular formula is C22H26ClN3O2S. The minimum absolute atomic E-state index is 0.128. The summed E-state index contributed by atoms with van der Waals surface area (Å²) < 4.78 is 0.565. The summed E-state index contributed by atoms with van der Waals surface area (Å²) in [6.45, 7) is 2.08. The highest BCUT2D eigenvalue weighted by Crippen LogP contribution is 2.32. The maximum atomic E-state index is 13.2. The van der Waals surface area contributed by atoms with Gasteiger partial charge < -0.3 is 15.5 Å². The lowest BCUT2D eigenvalue weighted by atomic mass is 9.95. The molecule has 1 aromatic heterocycles. The molecule has 0 spiro atoms. The molecule has 29 heavy (non-hydrogen) atoms. The Hall–Kier alpha value is -1.89. The minimum atomic E-state index is -0.861. The van der Waals surface area contributed by atoms with Gasteiger partial charge in [-0.2, -0.15) is 0 Å². The van der Waals surface area contributed by atoms with E-state index in [2.05, 4.69) is 34.7 Å². The van der Waals surface area contributed by atoms with Gasteiger partial charge in [-0.3, -0.25) is 9.59 Å². The van der Waals surface area contributed by atoms with Gasteiger partial charge in [0.25, 0.3) is 5.91 Å². The van der Waals surface area contributed by atoms with Crippen LogP contribution in [0.25, 0.3) is 0 Å². The van der Waals surface area contributed by atoms with Gasteiger partial charge in [-0.1, -0.05) is 30.5 Å². The fourth-order valence-electron chi connectivity index (χ4n) is 4.27. The third-order valence-corrected chi connectivity index (χ3v) is 7.26. The predicted octanol–water partition coefficient (Wildman–Crippen LogP) is 4.11. The molecule has 1 aliphatic heterocycles. The van der Waals surface area contributed by atoms with Gasteiger partial charge >= 0.3 is 0 Å². The Morgan fingerprint density at radius 2 is 1.79 bits per heavy atom. The van der Waals surface area contributed by atoms with Gasteiger partial charge in [0.2, 0.25) is 5.91 Å². The molecule has 1 saturated carbocycles. The summed E-state index contributed by atoms with van der Waals surface area (Å²) in [6, 6.07) is 9.60. The van der Waals surface area contributed by atoms with Crippen LogP contribution < -0.4 is 10.6 Å². The van der Waals surface area contributed by atoms with E-state index in [0.29, 0.717) is 22.1 Å². The van der Waals surface area contributed by atoms with Crippen molar-refractivity contribution in [3.8, 4) is 0 Å². The third kappa shape index (κ3) is 4.49. The largest absolute Gasteiger partial charge is 0.337 e. The summed E-state index contributed by atoms with van der Waals surface area (Å²) in [4.78, 5) is 28.8. The number of hydrogen-bond acceptors (Lipinski definition) is 4. The van der Waals surface area contributed by atoms with Crippen molar-refractivity contribution in [2.45, 2.75) is 44.1 Å². The van der Waals surface area contributed by atoms with E-state index < -0.39 is 5.54 Å². The fourth-order valence-corrected chi connectivity index (χ4v) is 5.21. The molecule has 2 heterocycles. The first-order valence-electron chi connectivity index (χ1n) is 10.1. The first kappa shape index (κ1) is 20.4. The van der Waals surface area contributed by atoms with Crippen molar-refractivity contribution in [3.05, 3.63) is 50.7 Å². The Kier molecular flexibility index (Phi) is 5.95. The molecule has 0 bridgehead atoms. The fraction of sp³-hybridized carbons (Fsp3) is 0.455. The predicted molar refractivity (Wildman–Crippen MR) is 118 cm³/mol. The Balaban J connectivity index is 1.50. The molecular weight excluding hydrogens is 406 g/mol. The number of rotatable bonds is 4. The monoisotopic (exact) mass is 431 g/mol. The van der Waals surface area contributed by atoms with Crippen molar-refractivity contribution in [1.29, 1.82) is 0 Å². The summed E-state index contributed by atoms with van der Waals surface area (Å²) in [7, 11) is 2.14. The molecule has 0 radical (unpaired) electrons. The van der Waals surface area contributed by atoms with Crippen LogP contribution in [-0.2, 0) is 17.6 Å². The molecule has 1 aliphatic carbocycles. The van der Waals surface area contributed by atoms with Crippen molar-refractivity contribution in [2.24, 2.45) is 0 Å². The van der Waals surface area contributed by atoms with Gasteiger partial charge in [-0.15, -0.1) is 11.3 Å². The van der Waals surface area contributed by atoms with Crippen molar-refractivity contribution in [1.82, 2.24) is 10.2 Å². The molecule has 0 unspecified atom stereocenters. The van der Waals surface area contributed by atoms with E-state index in [1.54, 1.807) is 12.1 Å². The van der Waals surface area contributed by atoms with Gasteiger partial charge in [0.05, 0.1) is 9.21 Å². The average Bonchev–Trinajstić information content (AvgIpc) is 3.31. The molecule has 1 fully saturated rings. The number of thiophene rings is 1.